The van der Waals surface area contributed by atoms with Crippen LogP contribution in [0.5, 0.6) is 0 Å². The van der Waals surface area contributed by atoms with Crippen molar-refractivity contribution in [1.82, 2.24) is 25.5 Å². The monoisotopic (exact) mass is 365 g/mol. The summed E-state index contributed by atoms with van der Waals surface area (Å²) >= 11 is 0. The first-order valence-corrected chi connectivity index (χ1v) is 9.62. The van der Waals surface area contributed by atoms with Crippen LogP contribution in [0, 0.1) is 0 Å². The lowest BCUT2D eigenvalue weighted by Crippen LogP contribution is -2.37. The zero-order valence-corrected chi connectivity index (χ0v) is 15.9. The van der Waals surface area contributed by atoms with E-state index in [2.05, 4.69) is 26.9 Å². The molecule has 7 nitrogen and oxygen atoms in total. The minimum absolute atomic E-state index is 0.421. The van der Waals surface area contributed by atoms with E-state index in [0.717, 1.165) is 60.6 Å². The number of H-pyrrole nitrogens is 1. The largest absolute Gasteiger partial charge is 0.362 e. The Bertz CT molecular complexity index is 867. The maximum atomic E-state index is 4.76. The highest BCUT2D eigenvalue weighted by molar-refractivity contribution is 5.90. The van der Waals surface area contributed by atoms with E-state index in [1.807, 2.05) is 49.5 Å². The number of hydrogen-bond acceptors (Lipinski definition) is 6. The fourth-order valence-corrected chi connectivity index (χ4v) is 3.73. The molecule has 27 heavy (non-hydrogen) atoms. The molecular weight excluding hydrogens is 338 g/mol. The maximum Gasteiger partial charge on any atom is 0.225 e. The van der Waals surface area contributed by atoms with Crippen molar-refractivity contribution in [3.05, 3.63) is 42.2 Å². The van der Waals surface area contributed by atoms with E-state index in [-0.39, 0.29) is 0 Å². The molecule has 142 valence electrons. The van der Waals surface area contributed by atoms with E-state index < -0.39 is 0 Å². The van der Waals surface area contributed by atoms with Gasteiger partial charge >= 0.3 is 0 Å². The highest BCUT2D eigenvalue weighted by atomic mass is 15.2. The summed E-state index contributed by atoms with van der Waals surface area (Å²) in [5.41, 5.74) is 2.05. The predicted octanol–water partition coefficient (Wildman–Crippen LogP) is 2.93. The molecule has 1 saturated carbocycles. The number of nitrogens with zero attached hydrogens (tertiary/aromatic N) is 4. The van der Waals surface area contributed by atoms with Crippen LogP contribution >= 0.6 is 0 Å². The van der Waals surface area contributed by atoms with Gasteiger partial charge in [0.1, 0.15) is 5.82 Å². The van der Waals surface area contributed by atoms with Gasteiger partial charge in [-0.25, -0.2) is 4.98 Å². The van der Waals surface area contributed by atoms with Crippen molar-refractivity contribution in [2.75, 3.05) is 24.3 Å². The first-order chi connectivity index (χ1) is 13.2. The van der Waals surface area contributed by atoms with Crippen LogP contribution in [0.3, 0.4) is 0 Å². The van der Waals surface area contributed by atoms with Crippen molar-refractivity contribution in [3.8, 4) is 0 Å². The lowest BCUT2D eigenvalue weighted by Gasteiger charge is -2.30. The number of rotatable bonds is 6. The summed E-state index contributed by atoms with van der Waals surface area (Å²) in [6.45, 7) is 0.826. The van der Waals surface area contributed by atoms with Gasteiger partial charge in [0.05, 0.1) is 11.2 Å². The van der Waals surface area contributed by atoms with Gasteiger partial charge < -0.3 is 15.5 Å². The van der Waals surface area contributed by atoms with Gasteiger partial charge in [-0.15, -0.1) is 0 Å². The summed E-state index contributed by atoms with van der Waals surface area (Å²) in [6, 6.07) is 11.2. The number of benzene rings is 1. The van der Waals surface area contributed by atoms with Crippen LogP contribution in [-0.4, -0.2) is 46.3 Å². The quantitative estimate of drug-likeness (QED) is 0.623. The number of fused-ring (bicyclic) bond motifs is 1. The van der Waals surface area contributed by atoms with Crippen LogP contribution in [-0.2, 0) is 6.54 Å². The molecule has 0 atom stereocenters. The van der Waals surface area contributed by atoms with Crippen LogP contribution < -0.4 is 15.5 Å². The number of aromatic amines is 1. The van der Waals surface area contributed by atoms with Crippen LogP contribution in [0.2, 0.25) is 0 Å². The van der Waals surface area contributed by atoms with Gasteiger partial charge in [-0.3, -0.25) is 5.10 Å². The summed E-state index contributed by atoms with van der Waals surface area (Å²) in [5, 5.41) is 15.3. The van der Waals surface area contributed by atoms with E-state index in [1.165, 1.54) is 0 Å². The van der Waals surface area contributed by atoms with Crippen molar-refractivity contribution in [2.24, 2.45) is 0 Å². The first kappa shape index (κ1) is 17.7. The molecule has 0 spiro atoms. The Morgan fingerprint density at radius 3 is 2.56 bits per heavy atom. The number of para-hydroxylation sites is 1. The molecule has 1 aliphatic rings. The minimum atomic E-state index is 0.421. The van der Waals surface area contributed by atoms with E-state index in [4.69, 9.17) is 9.97 Å². The van der Waals surface area contributed by atoms with Crippen LogP contribution in [0.1, 0.15) is 31.4 Å². The molecule has 0 aliphatic heterocycles. The average molecular weight is 365 g/mol. The topological polar surface area (TPSA) is 81.8 Å². The molecule has 0 radical (unpaired) electrons. The van der Waals surface area contributed by atoms with Crippen molar-refractivity contribution < 1.29 is 0 Å². The van der Waals surface area contributed by atoms with Crippen molar-refractivity contribution in [2.45, 2.75) is 44.3 Å². The normalized spacial score (nSPS) is 19.9. The van der Waals surface area contributed by atoms with Gasteiger partial charge in [-0.2, -0.15) is 10.1 Å². The van der Waals surface area contributed by atoms with Gasteiger partial charge in [0.15, 0.2) is 0 Å². The van der Waals surface area contributed by atoms with Crippen LogP contribution in [0.4, 0.5) is 11.8 Å². The molecule has 0 bridgehead atoms. The Morgan fingerprint density at radius 2 is 1.81 bits per heavy atom. The second-order valence-electron chi connectivity index (χ2n) is 7.42. The molecule has 4 rings (SSSR count). The van der Waals surface area contributed by atoms with Crippen molar-refractivity contribution >= 4 is 22.7 Å². The van der Waals surface area contributed by atoms with Gasteiger partial charge in [0.25, 0.3) is 0 Å². The van der Waals surface area contributed by atoms with Gasteiger partial charge in [-0.1, -0.05) is 12.1 Å². The smallest absolute Gasteiger partial charge is 0.225 e. The first-order valence-electron chi connectivity index (χ1n) is 9.62. The zero-order chi connectivity index (χ0) is 18.6. The van der Waals surface area contributed by atoms with Gasteiger partial charge in [0.2, 0.25) is 5.95 Å². The van der Waals surface area contributed by atoms with Crippen LogP contribution in [0.15, 0.2) is 36.5 Å². The average Bonchev–Trinajstić information content (AvgIpc) is 3.20. The summed E-state index contributed by atoms with van der Waals surface area (Å²) in [7, 11) is 4.05. The molecule has 2 heterocycles. The third-order valence-electron chi connectivity index (χ3n) is 5.20. The van der Waals surface area contributed by atoms with E-state index in [0.29, 0.717) is 12.1 Å². The Hall–Kier alpha value is -2.67. The van der Waals surface area contributed by atoms with Crippen molar-refractivity contribution in [3.63, 3.8) is 0 Å². The summed E-state index contributed by atoms with van der Waals surface area (Å²) < 4.78 is 0. The lowest BCUT2D eigenvalue weighted by molar-refractivity contribution is 0.351. The van der Waals surface area contributed by atoms with Gasteiger partial charge in [0, 0.05) is 44.3 Å². The third-order valence-corrected chi connectivity index (χ3v) is 5.20. The van der Waals surface area contributed by atoms with E-state index >= 15 is 0 Å². The predicted molar refractivity (Wildman–Crippen MR) is 109 cm³/mol. The highest BCUT2D eigenvalue weighted by Crippen LogP contribution is 2.26. The maximum absolute atomic E-state index is 4.76. The molecule has 1 aromatic carbocycles. The Morgan fingerprint density at radius 1 is 1.04 bits per heavy atom. The fourth-order valence-electron chi connectivity index (χ4n) is 3.73. The second-order valence-corrected chi connectivity index (χ2v) is 7.42. The number of hydrogen-bond donors (Lipinski definition) is 3. The van der Waals surface area contributed by atoms with E-state index in [1.54, 1.807) is 0 Å². The SMILES string of the molecule is CN(C)c1nc(N[C@H]2CC[C@@H](NCc3cc[nH]n3)CC2)nc2ccccc12. The zero-order valence-electron chi connectivity index (χ0n) is 15.9. The molecule has 1 fully saturated rings. The molecule has 3 aromatic rings. The molecule has 2 aromatic heterocycles. The minimum Gasteiger partial charge on any atom is -0.362 e. The Balaban J connectivity index is 1.37. The Kier molecular flexibility index (Phi) is 5.20. The highest BCUT2D eigenvalue weighted by Gasteiger charge is 2.22. The number of nitrogens with one attached hydrogen (secondary N) is 3. The molecule has 0 amide bonds. The fraction of sp³-hybridized carbons (Fsp3) is 0.450. The van der Waals surface area contributed by atoms with Gasteiger partial charge in [-0.05, 0) is 43.9 Å². The third kappa shape index (κ3) is 4.19. The Labute approximate surface area is 159 Å². The summed E-state index contributed by atoms with van der Waals surface area (Å²) in [6.07, 6.45) is 6.40. The molecule has 0 unspecified atom stereocenters. The van der Waals surface area contributed by atoms with Crippen molar-refractivity contribution in [1.29, 1.82) is 0 Å². The summed E-state index contributed by atoms with van der Waals surface area (Å²) in [4.78, 5) is 11.5. The van der Waals surface area contributed by atoms with Crippen LogP contribution in [0.25, 0.3) is 10.9 Å². The molecular formula is C20H27N7. The second kappa shape index (κ2) is 7.92. The van der Waals surface area contributed by atoms with E-state index in [9.17, 15) is 0 Å². The molecule has 1 aliphatic carbocycles. The molecule has 3 N–H and O–H groups in total. The standard InChI is InChI=1S/C20H27N7/c1-27(2)19-17-5-3-4-6-18(17)24-20(25-19)23-15-9-7-14(8-10-15)21-13-16-11-12-22-26-16/h3-6,11-12,14-15,21H,7-10,13H2,1-2H3,(H,22,26)(H,23,24,25)/t14-,15+. The summed E-state index contributed by atoms with van der Waals surface area (Å²) in [5.74, 6) is 1.68. The molecule has 0 saturated heterocycles. The number of aromatic nitrogens is 4. The molecule has 7 heteroatoms. The number of anilines is 2. The lowest BCUT2D eigenvalue weighted by atomic mass is 9.91.